The lowest BCUT2D eigenvalue weighted by Crippen LogP contribution is -2.29. The molecule has 0 bridgehead atoms. The van der Waals surface area contributed by atoms with Crippen molar-refractivity contribution in [2.45, 2.75) is 45.6 Å². The topological polar surface area (TPSA) is 171 Å². The van der Waals surface area contributed by atoms with Gasteiger partial charge in [0.2, 0.25) is 5.91 Å². The highest BCUT2D eigenvalue weighted by molar-refractivity contribution is 7.54. The fraction of sp³-hybridized carbons (Fsp3) is 0.286. The number of oxazole rings is 1. The Morgan fingerprint density at radius 1 is 0.917 bits per heavy atom. The number of amides is 1. The summed E-state index contributed by atoms with van der Waals surface area (Å²) in [5, 5.41) is 11.8. The first-order valence-electron chi connectivity index (χ1n) is 15.4. The lowest BCUT2D eigenvalue weighted by Gasteiger charge is -2.22. The number of para-hydroxylation sites is 1. The van der Waals surface area contributed by atoms with Crippen molar-refractivity contribution in [2.24, 2.45) is 0 Å². The Morgan fingerprint density at radius 2 is 1.58 bits per heavy atom. The number of nitrogens with zero attached hydrogens (tertiary/aromatic N) is 1. The van der Waals surface area contributed by atoms with E-state index < -0.39 is 31.5 Å². The van der Waals surface area contributed by atoms with Gasteiger partial charge in [-0.25, -0.2) is 14.3 Å². The Morgan fingerprint density at radius 3 is 2.27 bits per heavy atom. The monoisotopic (exact) mass is 676 g/mol. The van der Waals surface area contributed by atoms with Gasteiger partial charge < -0.3 is 24.1 Å². The number of aromatic nitrogens is 1. The number of carboxylic acids is 1. The Bertz CT molecular complexity index is 1760. The third-order valence-electron chi connectivity index (χ3n) is 6.95. The fourth-order valence-electron chi connectivity index (χ4n) is 4.67. The zero-order valence-corrected chi connectivity index (χ0v) is 27.5. The molecule has 1 heterocycles. The standard InChI is InChI=1S/C35H37N2O10P/c1-3-44-35(42)24(2)46-48(43,47-26-14-8-5-9-15-26)23-22-36-30(39)19-18-29(38)27-16-10-11-17-28(27)33-34(25-12-6-4-7-13-25)45-31(37-33)20-21-32(40)41/h4-17,24H,3,18-23H2,1-2H3,(H,36,39)(H,40,41)/t24-,48?/m1/s1. The molecule has 13 heteroatoms. The van der Waals surface area contributed by atoms with E-state index in [0.29, 0.717) is 28.1 Å². The second-order valence-electron chi connectivity index (χ2n) is 10.6. The Kier molecular flexibility index (Phi) is 12.8. The molecule has 0 radical (unpaired) electrons. The predicted molar refractivity (Wildman–Crippen MR) is 177 cm³/mol. The van der Waals surface area contributed by atoms with Crippen molar-refractivity contribution in [1.82, 2.24) is 10.3 Å². The minimum atomic E-state index is -3.93. The van der Waals surface area contributed by atoms with Crippen molar-refractivity contribution in [3.8, 4) is 28.3 Å². The number of Topliss-reactive ketones (excluding diaryl/α,β-unsaturated/α-hetero) is 1. The maximum absolute atomic E-state index is 13.6. The number of hydrogen-bond acceptors (Lipinski definition) is 10. The van der Waals surface area contributed by atoms with Gasteiger partial charge >= 0.3 is 19.5 Å². The van der Waals surface area contributed by atoms with E-state index in [4.69, 9.17) is 23.3 Å². The lowest BCUT2D eigenvalue weighted by atomic mass is 9.96. The maximum atomic E-state index is 13.6. The number of nitrogens with one attached hydrogen (secondary N) is 1. The number of aryl methyl sites for hydroxylation is 1. The van der Waals surface area contributed by atoms with E-state index in [2.05, 4.69) is 10.3 Å². The molecule has 0 spiro atoms. The van der Waals surface area contributed by atoms with Gasteiger partial charge in [0.15, 0.2) is 23.5 Å². The maximum Gasteiger partial charge on any atom is 0.381 e. The number of hydrogen-bond donors (Lipinski definition) is 2. The lowest BCUT2D eigenvalue weighted by molar-refractivity contribution is -0.150. The molecule has 1 unspecified atom stereocenters. The second kappa shape index (κ2) is 17.2. The molecule has 252 valence electrons. The predicted octanol–water partition coefficient (Wildman–Crippen LogP) is 6.35. The van der Waals surface area contributed by atoms with Gasteiger partial charge in [0.25, 0.3) is 0 Å². The van der Waals surface area contributed by atoms with Crippen molar-refractivity contribution in [2.75, 3.05) is 19.3 Å². The largest absolute Gasteiger partial charge is 0.481 e. The van der Waals surface area contributed by atoms with E-state index >= 15 is 0 Å². The molecule has 0 saturated heterocycles. The van der Waals surface area contributed by atoms with Gasteiger partial charge in [-0.2, -0.15) is 0 Å². The molecule has 1 aromatic heterocycles. The smallest absolute Gasteiger partial charge is 0.381 e. The number of benzene rings is 3. The fourth-order valence-corrected chi connectivity index (χ4v) is 6.31. The normalized spacial score (nSPS) is 12.8. The molecule has 12 nitrogen and oxygen atoms in total. The van der Waals surface area contributed by atoms with Crippen LogP contribution in [0.15, 0.2) is 89.3 Å². The minimum Gasteiger partial charge on any atom is -0.481 e. The van der Waals surface area contributed by atoms with Crippen molar-refractivity contribution in [1.29, 1.82) is 0 Å². The molecule has 0 fully saturated rings. The molecule has 4 rings (SSSR count). The van der Waals surface area contributed by atoms with Crippen LogP contribution >= 0.6 is 7.60 Å². The number of carbonyl (C=O) groups is 4. The summed E-state index contributed by atoms with van der Waals surface area (Å²) >= 11 is 0. The van der Waals surface area contributed by atoms with Crippen LogP contribution in [-0.4, -0.2) is 59.1 Å². The van der Waals surface area contributed by atoms with E-state index in [1.807, 2.05) is 30.3 Å². The van der Waals surface area contributed by atoms with Crippen molar-refractivity contribution in [3.05, 3.63) is 96.4 Å². The summed E-state index contributed by atoms with van der Waals surface area (Å²) < 4.78 is 35.7. The molecule has 48 heavy (non-hydrogen) atoms. The zero-order chi connectivity index (χ0) is 34.5. The Hall–Kier alpha value is -5.06. The summed E-state index contributed by atoms with van der Waals surface area (Å²) in [5.41, 5.74) is 1.90. The Balaban J connectivity index is 1.42. The number of carboxylic acid groups (broad SMARTS) is 1. The molecule has 2 N–H and O–H groups in total. The molecule has 4 aromatic rings. The molecule has 1 amide bonds. The molecule has 0 aliphatic rings. The molecule has 3 aromatic carbocycles. The number of carbonyl (C=O) groups excluding carboxylic acids is 3. The van der Waals surface area contributed by atoms with Crippen LogP contribution in [0.25, 0.3) is 22.6 Å². The van der Waals surface area contributed by atoms with Gasteiger partial charge in [-0.1, -0.05) is 72.8 Å². The SMILES string of the molecule is CCOC(=O)[C@@H](C)OP(=O)(CCNC(=O)CCC(=O)c1ccccc1-c1nc(CCC(=O)O)oc1-c1ccccc1)Oc1ccccc1. The van der Waals surface area contributed by atoms with Gasteiger partial charge in [0.05, 0.1) is 19.2 Å². The summed E-state index contributed by atoms with van der Waals surface area (Å²) in [7, 11) is -3.93. The van der Waals surface area contributed by atoms with E-state index in [1.165, 1.54) is 6.92 Å². The van der Waals surface area contributed by atoms with Crippen LogP contribution in [-0.2, 0) is 34.6 Å². The number of esters is 1. The van der Waals surface area contributed by atoms with Crippen LogP contribution in [0.1, 0.15) is 49.4 Å². The minimum absolute atomic E-state index is 0.0710. The highest BCUT2D eigenvalue weighted by Gasteiger charge is 2.32. The summed E-state index contributed by atoms with van der Waals surface area (Å²) in [6, 6.07) is 24.3. The summed E-state index contributed by atoms with van der Waals surface area (Å²) in [6.45, 7) is 3.05. The van der Waals surface area contributed by atoms with Crippen LogP contribution in [0, 0.1) is 0 Å². The van der Waals surface area contributed by atoms with Gasteiger partial charge in [0, 0.05) is 42.5 Å². The number of ketones is 1. The first-order chi connectivity index (χ1) is 23.1. The zero-order valence-electron chi connectivity index (χ0n) is 26.6. The highest BCUT2D eigenvalue weighted by atomic mass is 31.2. The molecular formula is C35H37N2O10P. The van der Waals surface area contributed by atoms with Crippen molar-refractivity contribution < 1.29 is 47.1 Å². The van der Waals surface area contributed by atoms with Crippen LogP contribution in [0.3, 0.4) is 0 Å². The third-order valence-corrected chi connectivity index (χ3v) is 8.85. The van der Waals surface area contributed by atoms with E-state index in [-0.39, 0.29) is 62.4 Å². The first-order valence-corrected chi connectivity index (χ1v) is 17.2. The van der Waals surface area contributed by atoms with Gasteiger partial charge in [-0.3, -0.25) is 18.9 Å². The molecular weight excluding hydrogens is 639 g/mol. The number of rotatable bonds is 18. The first kappa shape index (κ1) is 35.8. The van der Waals surface area contributed by atoms with Crippen LogP contribution < -0.4 is 9.84 Å². The van der Waals surface area contributed by atoms with Gasteiger partial charge in [-0.05, 0) is 26.0 Å². The molecule has 2 atom stereocenters. The van der Waals surface area contributed by atoms with Crippen LogP contribution in [0.2, 0.25) is 0 Å². The van der Waals surface area contributed by atoms with Crippen molar-refractivity contribution in [3.63, 3.8) is 0 Å². The second-order valence-corrected chi connectivity index (χ2v) is 12.7. The molecule has 0 aliphatic carbocycles. The number of ether oxygens (including phenoxy) is 1. The Labute approximate surface area is 278 Å². The summed E-state index contributed by atoms with van der Waals surface area (Å²) in [5.74, 6) is -1.58. The van der Waals surface area contributed by atoms with Gasteiger partial charge in [-0.15, -0.1) is 0 Å². The molecule has 0 aliphatic heterocycles. The molecule has 0 saturated carbocycles. The summed E-state index contributed by atoms with van der Waals surface area (Å²) in [6.07, 6.45) is -1.82. The highest BCUT2D eigenvalue weighted by Crippen LogP contribution is 2.49. The number of aliphatic carboxylic acids is 1. The average molecular weight is 677 g/mol. The quantitative estimate of drug-likeness (QED) is 0.0684. The van der Waals surface area contributed by atoms with E-state index in [0.717, 1.165) is 0 Å². The van der Waals surface area contributed by atoms with Crippen LogP contribution in [0.5, 0.6) is 5.75 Å². The average Bonchev–Trinajstić information content (AvgIpc) is 3.51. The van der Waals surface area contributed by atoms with Crippen molar-refractivity contribution >= 4 is 31.2 Å². The van der Waals surface area contributed by atoms with Crippen LogP contribution in [0.4, 0.5) is 0 Å². The van der Waals surface area contributed by atoms with E-state index in [1.54, 1.807) is 61.5 Å². The van der Waals surface area contributed by atoms with E-state index in [9.17, 15) is 23.7 Å². The third kappa shape index (κ3) is 10.2. The summed E-state index contributed by atoms with van der Waals surface area (Å²) in [4.78, 5) is 54.1. The van der Waals surface area contributed by atoms with Gasteiger partial charge in [0.1, 0.15) is 11.4 Å².